The molecule has 1 saturated heterocycles. The monoisotopic (exact) mass is 328 g/mol. The van der Waals surface area contributed by atoms with E-state index in [0.717, 1.165) is 44.1 Å². The van der Waals surface area contributed by atoms with Gasteiger partial charge in [-0.3, -0.25) is 4.79 Å². The quantitative estimate of drug-likeness (QED) is 0.857. The minimum absolute atomic E-state index is 0.332. The Morgan fingerprint density at radius 2 is 1.96 bits per heavy atom. The molecule has 24 heavy (non-hydrogen) atoms. The number of amides is 1. The lowest BCUT2D eigenvalue weighted by Crippen LogP contribution is -2.49. The van der Waals surface area contributed by atoms with Gasteiger partial charge < -0.3 is 9.80 Å². The summed E-state index contributed by atoms with van der Waals surface area (Å²) in [6.07, 6.45) is 7.31. The van der Waals surface area contributed by atoms with E-state index in [1.54, 1.807) is 4.52 Å². The Bertz CT molecular complexity index is 728. The summed E-state index contributed by atoms with van der Waals surface area (Å²) in [5, 5.41) is 4.28. The van der Waals surface area contributed by atoms with Crippen molar-refractivity contribution < 1.29 is 4.79 Å². The molecular weight excluding hydrogens is 304 g/mol. The lowest BCUT2D eigenvalue weighted by atomic mass is 10.0. The van der Waals surface area contributed by atoms with Crippen molar-refractivity contribution in [2.24, 2.45) is 5.92 Å². The highest BCUT2D eigenvalue weighted by molar-refractivity contribution is 5.76. The summed E-state index contributed by atoms with van der Waals surface area (Å²) in [5.74, 6) is 2.59. The molecule has 0 aromatic carbocycles. The topological polar surface area (TPSA) is 66.6 Å². The largest absolute Gasteiger partial charge is 0.353 e. The van der Waals surface area contributed by atoms with Gasteiger partial charge >= 0.3 is 0 Å². The molecule has 1 aliphatic heterocycles. The first-order valence-corrected chi connectivity index (χ1v) is 8.91. The number of piperazine rings is 1. The van der Waals surface area contributed by atoms with Gasteiger partial charge in [-0.1, -0.05) is 12.8 Å². The van der Waals surface area contributed by atoms with Crippen molar-refractivity contribution in [1.82, 2.24) is 24.5 Å². The fourth-order valence-corrected chi connectivity index (χ4v) is 3.91. The van der Waals surface area contributed by atoms with Crippen LogP contribution in [0.4, 0.5) is 5.82 Å². The van der Waals surface area contributed by atoms with Crippen LogP contribution < -0.4 is 4.90 Å². The Morgan fingerprint density at radius 1 is 1.21 bits per heavy atom. The molecule has 0 spiro atoms. The molecule has 7 heteroatoms. The van der Waals surface area contributed by atoms with Crippen molar-refractivity contribution in [2.45, 2.75) is 39.0 Å². The molecule has 7 nitrogen and oxygen atoms in total. The van der Waals surface area contributed by atoms with Crippen LogP contribution in [0.25, 0.3) is 5.78 Å². The molecule has 0 bridgehead atoms. The van der Waals surface area contributed by atoms with E-state index in [4.69, 9.17) is 0 Å². The number of aryl methyl sites for hydroxylation is 1. The number of fused-ring (bicyclic) bond motifs is 1. The van der Waals surface area contributed by atoms with Crippen molar-refractivity contribution in [2.75, 3.05) is 31.1 Å². The number of nitrogens with zero attached hydrogens (tertiary/aromatic N) is 6. The molecule has 3 heterocycles. The van der Waals surface area contributed by atoms with Crippen LogP contribution >= 0.6 is 0 Å². The van der Waals surface area contributed by atoms with Crippen molar-refractivity contribution in [3.05, 3.63) is 18.1 Å². The van der Waals surface area contributed by atoms with Crippen molar-refractivity contribution >= 4 is 17.5 Å². The molecule has 1 saturated carbocycles. The van der Waals surface area contributed by atoms with Gasteiger partial charge in [-0.2, -0.15) is 14.6 Å². The van der Waals surface area contributed by atoms with Crippen LogP contribution in [-0.2, 0) is 4.79 Å². The van der Waals surface area contributed by atoms with Gasteiger partial charge in [-0.15, -0.1) is 0 Å². The van der Waals surface area contributed by atoms with E-state index in [1.807, 2.05) is 17.9 Å². The van der Waals surface area contributed by atoms with Crippen LogP contribution in [-0.4, -0.2) is 56.6 Å². The summed E-state index contributed by atoms with van der Waals surface area (Å²) in [4.78, 5) is 25.4. The number of carbonyl (C=O) groups excluding carboxylic acids is 1. The second-order valence-electron chi connectivity index (χ2n) is 6.95. The Hall–Kier alpha value is -2.18. The molecule has 1 aliphatic carbocycles. The maximum absolute atomic E-state index is 12.5. The van der Waals surface area contributed by atoms with Gasteiger partial charge in [0.15, 0.2) is 0 Å². The average molecular weight is 328 g/mol. The SMILES string of the molecule is Cc1cc(N2CCN(C(=O)CC3CCCC3)CC2)n2ncnc2n1. The minimum atomic E-state index is 0.332. The molecule has 2 aromatic rings. The van der Waals surface area contributed by atoms with Crippen molar-refractivity contribution in [3.63, 3.8) is 0 Å². The summed E-state index contributed by atoms with van der Waals surface area (Å²) in [7, 11) is 0. The van der Waals surface area contributed by atoms with Crippen LogP contribution in [0.3, 0.4) is 0 Å². The number of aromatic nitrogens is 4. The minimum Gasteiger partial charge on any atom is -0.353 e. The van der Waals surface area contributed by atoms with E-state index in [1.165, 1.54) is 32.0 Å². The Labute approximate surface area is 141 Å². The van der Waals surface area contributed by atoms with Gasteiger partial charge in [0.1, 0.15) is 12.1 Å². The highest BCUT2D eigenvalue weighted by atomic mass is 16.2. The van der Waals surface area contributed by atoms with Crippen molar-refractivity contribution in [1.29, 1.82) is 0 Å². The molecule has 2 fully saturated rings. The number of anilines is 1. The van der Waals surface area contributed by atoms with E-state index in [9.17, 15) is 4.79 Å². The molecule has 2 aromatic heterocycles. The van der Waals surface area contributed by atoms with Gasteiger partial charge in [0, 0.05) is 44.4 Å². The lowest BCUT2D eigenvalue weighted by molar-refractivity contribution is -0.132. The van der Waals surface area contributed by atoms with E-state index in [2.05, 4.69) is 20.0 Å². The molecule has 0 N–H and O–H groups in total. The third kappa shape index (κ3) is 2.95. The predicted octanol–water partition coefficient (Wildman–Crippen LogP) is 1.66. The predicted molar refractivity (Wildman–Crippen MR) is 90.9 cm³/mol. The smallest absolute Gasteiger partial charge is 0.254 e. The standard InChI is InChI=1S/C17H24N6O/c1-13-10-15(23-17(20-13)18-12-19-23)21-6-8-22(9-7-21)16(24)11-14-4-2-3-5-14/h10,12,14H,2-9,11H2,1H3. The van der Waals surface area contributed by atoms with Crippen LogP contribution in [0, 0.1) is 12.8 Å². The van der Waals surface area contributed by atoms with Gasteiger partial charge in [0.25, 0.3) is 5.78 Å². The van der Waals surface area contributed by atoms with Gasteiger partial charge in [0.2, 0.25) is 5.91 Å². The molecule has 4 rings (SSSR count). The van der Waals surface area contributed by atoms with Gasteiger partial charge in [-0.25, -0.2) is 4.98 Å². The summed E-state index contributed by atoms with van der Waals surface area (Å²) < 4.78 is 1.78. The number of hydrogen-bond acceptors (Lipinski definition) is 5. The zero-order chi connectivity index (χ0) is 16.5. The maximum Gasteiger partial charge on any atom is 0.254 e. The van der Waals surface area contributed by atoms with Crippen LogP contribution in [0.2, 0.25) is 0 Å². The van der Waals surface area contributed by atoms with E-state index < -0.39 is 0 Å². The fraction of sp³-hybridized carbons (Fsp3) is 0.647. The third-order valence-corrected chi connectivity index (χ3v) is 5.26. The normalized spacial score (nSPS) is 19.4. The first kappa shape index (κ1) is 15.4. The molecule has 128 valence electrons. The van der Waals surface area contributed by atoms with Crippen LogP contribution in [0.15, 0.2) is 12.4 Å². The van der Waals surface area contributed by atoms with Crippen LogP contribution in [0.1, 0.15) is 37.8 Å². The van der Waals surface area contributed by atoms with E-state index >= 15 is 0 Å². The summed E-state index contributed by atoms with van der Waals surface area (Å²) >= 11 is 0. The lowest BCUT2D eigenvalue weighted by Gasteiger charge is -2.36. The first-order valence-electron chi connectivity index (χ1n) is 8.91. The Morgan fingerprint density at radius 3 is 2.71 bits per heavy atom. The molecule has 0 atom stereocenters. The highest BCUT2D eigenvalue weighted by Gasteiger charge is 2.26. The first-order chi connectivity index (χ1) is 11.7. The van der Waals surface area contributed by atoms with E-state index in [-0.39, 0.29) is 0 Å². The zero-order valence-electron chi connectivity index (χ0n) is 14.2. The number of hydrogen-bond donors (Lipinski definition) is 0. The second kappa shape index (κ2) is 6.37. The summed E-state index contributed by atoms with van der Waals surface area (Å²) in [6, 6.07) is 2.04. The van der Waals surface area contributed by atoms with Gasteiger partial charge in [-0.05, 0) is 25.7 Å². The molecule has 1 amide bonds. The third-order valence-electron chi connectivity index (χ3n) is 5.26. The zero-order valence-corrected chi connectivity index (χ0v) is 14.2. The number of rotatable bonds is 3. The number of carbonyl (C=O) groups is 1. The Kier molecular flexibility index (Phi) is 4.08. The molecule has 2 aliphatic rings. The van der Waals surface area contributed by atoms with E-state index in [0.29, 0.717) is 17.6 Å². The molecule has 0 radical (unpaired) electrons. The molecular formula is C17H24N6O. The summed E-state index contributed by atoms with van der Waals surface area (Å²) in [6.45, 7) is 5.19. The maximum atomic E-state index is 12.5. The Balaban J connectivity index is 1.42. The van der Waals surface area contributed by atoms with Gasteiger partial charge in [0.05, 0.1) is 0 Å². The fourth-order valence-electron chi connectivity index (χ4n) is 3.91. The molecule has 0 unspecified atom stereocenters. The van der Waals surface area contributed by atoms with Crippen molar-refractivity contribution in [3.8, 4) is 0 Å². The second-order valence-corrected chi connectivity index (χ2v) is 6.95. The van der Waals surface area contributed by atoms with Crippen LogP contribution in [0.5, 0.6) is 0 Å². The average Bonchev–Trinajstić information content (AvgIpc) is 3.25. The highest BCUT2D eigenvalue weighted by Crippen LogP contribution is 2.28. The summed E-state index contributed by atoms with van der Waals surface area (Å²) in [5.41, 5.74) is 0.935.